The van der Waals surface area contributed by atoms with Crippen molar-refractivity contribution in [3.8, 4) is 0 Å². The van der Waals surface area contributed by atoms with Crippen LogP contribution in [0.15, 0.2) is 24.2 Å². The van der Waals surface area contributed by atoms with Crippen LogP contribution in [0.4, 0.5) is 0 Å². The van der Waals surface area contributed by atoms with Crippen LogP contribution in [0.2, 0.25) is 0 Å². The standard InChI is InChI=1S/C11H17N3/c1-4-13-10(3)9(2)7-11-5-6-12-8-14-11/h5-8,10,13H,4H2,1-3H3/b9-7+. The second-order valence-corrected chi connectivity index (χ2v) is 3.30. The summed E-state index contributed by atoms with van der Waals surface area (Å²) in [4.78, 5) is 8.02. The second kappa shape index (κ2) is 5.50. The number of nitrogens with zero attached hydrogens (tertiary/aromatic N) is 2. The van der Waals surface area contributed by atoms with Gasteiger partial charge in [-0.1, -0.05) is 12.5 Å². The van der Waals surface area contributed by atoms with E-state index in [1.165, 1.54) is 5.57 Å². The molecule has 1 aromatic rings. The van der Waals surface area contributed by atoms with Crippen LogP contribution in [0.1, 0.15) is 26.5 Å². The lowest BCUT2D eigenvalue weighted by atomic mass is 10.1. The van der Waals surface area contributed by atoms with Crippen LogP contribution in [0, 0.1) is 0 Å². The van der Waals surface area contributed by atoms with Gasteiger partial charge in [-0.25, -0.2) is 9.97 Å². The minimum Gasteiger partial charge on any atom is -0.311 e. The highest BCUT2D eigenvalue weighted by Gasteiger charge is 2.01. The smallest absolute Gasteiger partial charge is 0.115 e. The summed E-state index contributed by atoms with van der Waals surface area (Å²) >= 11 is 0. The summed E-state index contributed by atoms with van der Waals surface area (Å²) in [6.45, 7) is 7.34. The topological polar surface area (TPSA) is 37.8 Å². The van der Waals surface area contributed by atoms with Crippen molar-refractivity contribution in [1.82, 2.24) is 15.3 Å². The summed E-state index contributed by atoms with van der Waals surface area (Å²) in [5.74, 6) is 0. The van der Waals surface area contributed by atoms with E-state index in [1.807, 2.05) is 6.07 Å². The summed E-state index contributed by atoms with van der Waals surface area (Å²) in [6, 6.07) is 2.30. The molecular weight excluding hydrogens is 174 g/mol. The van der Waals surface area contributed by atoms with Gasteiger partial charge in [-0.05, 0) is 32.5 Å². The highest BCUT2D eigenvalue weighted by Crippen LogP contribution is 2.06. The van der Waals surface area contributed by atoms with Crippen molar-refractivity contribution in [1.29, 1.82) is 0 Å². The van der Waals surface area contributed by atoms with Crippen molar-refractivity contribution >= 4 is 6.08 Å². The molecule has 76 valence electrons. The van der Waals surface area contributed by atoms with Gasteiger partial charge in [0.1, 0.15) is 6.33 Å². The van der Waals surface area contributed by atoms with E-state index >= 15 is 0 Å². The number of aromatic nitrogens is 2. The molecule has 3 heteroatoms. The Kier molecular flexibility index (Phi) is 4.26. The second-order valence-electron chi connectivity index (χ2n) is 3.30. The summed E-state index contributed by atoms with van der Waals surface area (Å²) in [6.07, 6.45) is 5.40. The number of hydrogen-bond acceptors (Lipinski definition) is 3. The third kappa shape index (κ3) is 3.26. The largest absolute Gasteiger partial charge is 0.311 e. The summed E-state index contributed by atoms with van der Waals surface area (Å²) < 4.78 is 0. The van der Waals surface area contributed by atoms with Crippen molar-refractivity contribution in [2.24, 2.45) is 0 Å². The van der Waals surface area contributed by atoms with Crippen LogP contribution < -0.4 is 5.32 Å². The van der Waals surface area contributed by atoms with E-state index in [2.05, 4.69) is 42.1 Å². The van der Waals surface area contributed by atoms with Crippen LogP contribution in [0.25, 0.3) is 6.08 Å². The first kappa shape index (κ1) is 10.9. The number of hydrogen-bond donors (Lipinski definition) is 1. The van der Waals surface area contributed by atoms with Crippen LogP contribution >= 0.6 is 0 Å². The zero-order valence-electron chi connectivity index (χ0n) is 8.99. The maximum Gasteiger partial charge on any atom is 0.115 e. The molecule has 1 heterocycles. The fraction of sp³-hybridized carbons (Fsp3) is 0.455. The monoisotopic (exact) mass is 191 g/mol. The molecule has 1 unspecified atom stereocenters. The zero-order chi connectivity index (χ0) is 10.4. The van der Waals surface area contributed by atoms with Gasteiger partial charge >= 0.3 is 0 Å². The number of rotatable bonds is 4. The first-order chi connectivity index (χ1) is 6.74. The van der Waals surface area contributed by atoms with Gasteiger partial charge in [0.15, 0.2) is 0 Å². The Hall–Kier alpha value is -1.22. The molecule has 0 saturated heterocycles. The highest BCUT2D eigenvalue weighted by atomic mass is 14.9. The van der Waals surface area contributed by atoms with Crippen LogP contribution in [-0.2, 0) is 0 Å². The quantitative estimate of drug-likeness (QED) is 0.789. The SMILES string of the molecule is CCNC(C)/C(C)=C/c1ccncn1. The number of nitrogens with one attached hydrogen (secondary N) is 1. The van der Waals surface area contributed by atoms with E-state index in [4.69, 9.17) is 0 Å². The van der Waals surface area contributed by atoms with Gasteiger partial charge in [0.2, 0.25) is 0 Å². The van der Waals surface area contributed by atoms with Crippen molar-refractivity contribution in [2.45, 2.75) is 26.8 Å². The van der Waals surface area contributed by atoms with Crippen molar-refractivity contribution in [3.63, 3.8) is 0 Å². The molecule has 1 N–H and O–H groups in total. The maximum atomic E-state index is 4.15. The fourth-order valence-corrected chi connectivity index (χ4v) is 1.21. The Balaban J connectivity index is 2.68. The molecule has 1 rings (SSSR count). The maximum absolute atomic E-state index is 4.15. The molecule has 0 aliphatic carbocycles. The molecule has 0 fully saturated rings. The van der Waals surface area contributed by atoms with Crippen molar-refractivity contribution in [2.75, 3.05) is 6.54 Å². The minimum absolute atomic E-state index is 0.398. The first-order valence-corrected chi connectivity index (χ1v) is 4.91. The molecule has 0 amide bonds. The van der Waals surface area contributed by atoms with E-state index in [-0.39, 0.29) is 0 Å². The molecule has 0 aliphatic heterocycles. The Bertz CT molecular complexity index is 293. The summed E-state index contributed by atoms with van der Waals surface area (Å²) in [7, 11) is 0. The molecular formula is C11H17N3. The lowest BCUT2D eigenvalue weighted by Gasteiger charge is -2.12. The van der Waals surface area contributed by atoms with E-state index in [9.17, 15) is 0 Å². The van der Waals surface area contributed by atoms with E-state index in [1.54, 1.807) is 12.5 Å². The predicted octanol–water partition coefficient (Wildman–Crippen LogP) is 1.88. The highest BCUT2D eigenvalue weighted by molar-refractivity contribution is 5.48. The lowest BCUT2D eigenvalue weighted by molar-refractivity contribution is 0.636. The Morgan fingerprint density at radius 3 is 3.00 bits per heavy atom. The van der Waals surface area contributed by atoms with Gasteiger partial charge in [-0.2, -0.15) is 0 Å². The summed E-state index contributed by atoms with van der Waals surface area (Å²) in [5, 5.41) is 3.35. The molecule has 14 heavy (non-hydrogen) atoms. The van der Waals surface area contributed by atoms with Gasteiger partial charge in [0, 0.05) is 12.2 Å². The van der Waals surface area contributed by atoms with Crippen LogP contribution in [0.5, 0.6) is 0 Å². The Labute approximate surface area is 85.3 Å². The number of likely N-dealkylation sites (N-methyl/N-ethyl adjacent to an activating group) is 1. The molecule has 0 aliphatic rings. The van der Waals surface area contributed by atoms with Gasteiger partial charge in [-0.15, -0.1) is 0 Å². The van der Waals surface area contributed by atoms with Crippen LogP contribution in [0.3, 0.4) is 0 Å². The Morgan fingerprint density at radius 1 is 1.64 bits per heavy atom. The van der Waals surface area contributed by atoms with Crippen molar-refractivity contribution in [3.05, 3.63) is 29.9 Å². The van der Waals surface area contributed by atoms with Crippen LogP contribution in [-0.4, -0.2) is 22.6 Å². The van der Waals surface area contributed by atoms with Gasteiger partial charge in [0.25, 0.3) is 0 Å². The summed E-state index contributed by atoms with van der Waals surface area (Å²) in [5.41, 5.74) is 2.24. The van der Waals surface area contributed by atoms with Gasteiger partial charge in [0.05, 0.1) is 5.69 Å². The first-order valence-electron chi connectivity index (χ1n) is 4.91. The minimum atomic E-state index is 0.398. The van der Waals surface area contributed by atoms with Gasteiger partial charge in [-0.3, -0.25) is 0 Å². The van der Waals surface area contributed by atoms with E-state index in [0.717, 1.165) is 12.2 Å². The average Bonchev–Trinajstić information content (AvgIpc) is 2.19. The fourth-order valence-electron chi connectivity index (χ4n) is 1.21. The normalized spacial score (nSPS) is 14.1. The molecule has 0 aromatic carbocycles. The molecule has 1 aromatic heterocycles. The third-order valence-electron chi connectivity index (χ3n) is 2.17. The zero-order valence-corrected chi connectivity index (χ0v) is 8.99. The predicted molar refractivity (Wildman–Crippen MR) is 58.8 cm³/mol. The molecule has 0 spiro atoms. The molecule has 0 radical (unpaired) electrons. The Morgan fingerprint density at radius 2 is 2.43 bits per heavy atom. The molecule has 1 atom stereocenters. The third-order valence-corrected chi connectivity index (χ3v) is 2.17. The average molecular weight is 191 g/mol. The molecule has 3 nitrogen and oxygen atoms in total. The lowest BCUT2D eigenvalue weighted by Crippen LogP contribution is -2.26. The molecule has 0 saturated carbocycles. The van der Waals surface area contributed by atoms with E-state index < -0.39 is 0 Å². The van der Waals surface area contributed by atoms with Gasteiger partial charge < -0.3 is 5.32 Å². The van der Waals surface area contributed by atoms with E-state index in [0.29, 0.717) is 6.04 Å². The van der Waals surface area contributed by atoms with Crippen molar-refractivity contribution < 1.29 is 0 Å². The molecule has 0 bridgehead atoms.